The van der Waals surface area contributed by atoms with E-state index in [1.807, 2.05) is 30.5 Å². The number of benzene rings is 1. The minimum absolute atomic E-state index is 0.691. The van der Waals surface area contributed by atoms with Crippen molar-refractivity contribution in [2.75, 3.05) is 23.3 Å². The highest BCUT2D eigenvalue weighted by molar-refractivity contribution is 5.49. The maximum absolute atomic E-state index is 8.90. The smallest absolute Gasteiger partial charge is 0.128 e. The van der Waals surface area contributed by atoms with Gasteiger partial charge >= 0.3 is 0 Å². The van der Waals surface area contributed by atoms with Crippen LogP contribution in [0.5, 0.6) is 0 Å². The first-order valence-electron chi connectivity index (χ1n) is 7.29. The summed E-state index contributed by atoms with van der Waals surface area (Å²) in [5.41, 5.74) is 2.79. The summed E-state index contributed by atoms with van der Waals surface area (Å²) in [7, 11) is 0. The maximum atomic E-state index is 8.90. The minimum atomic E-state index is 0.691. The lowest BCUT2D eigenvalue weighted by atomic mass is 10.1. The summed E-state index contributed by atoms with van der Waals surface area (Å²) in [4.78, 5) is 6.84. The topological polar surface area (TPSA) is 52.0 Å². The van der Waals surface area contributed by atoms with Gasteiger partial charge in [0.25, 0.3) is 0 Å². The van der Waals surface area contributed by atoms with Crippen LogP contribution in [0.25, 0.3) is 0 Å². The molecule has 1 aliphatic heterocycles. The normalized spacial score (nSPS) is 14.0. The largest absolute Gasteiger partial charge is 0.380 e. The second-order valence-corrected chi connectivity index (χ2v) is 5.26. The van der Waals surface area contributed by atoms with E-state index in [2.05, 4.69) is 33.4 Å². The van der Waals surface area contributed by atoms with Crippen molar-refractivity contribution in [1.29, 1.82) is 5.26 Å². The van der Waals surface area contributed by atoms with Crippen LogP contribution in [0.15, 0.2) is 42.6 Å². The molecule has 1 fully saturated rings. The zero-order valence-corrected chi connectivity index (χ0v) is 11.9. The average Bonchev–Trinajstić information content (AvgIpc) is 3.08. The zero-order valence-electron chi connectivity index (χ0n) is 11.9. The lowest BCUT2D eigenvalue weighted by Crippen LogP contribution is -2.18. The Bertz CT molecular complexity index is 637. The van der Waals surface area contributed by atoms with Crippen LogP contribution in [0, 0.1) is 11.3 Å². The van der Waals surface area contributed by atoms with Crippen molar-refractivity contribution in [3.63, 3.8) is 0 Å². The molecule has 21 heavy (non-hydrogen) atoms. The molecule has 1 aromatic carbocycles. The maximum Gasteiger partial charge on any atom is 0.128 e. The van der Waals surface area contributed by atoms with E-state index >= 15 is 0 Å². The third-order valence-corrected chi connectivity index (χ3v) is 3.73. The molecule has 1 N–H and O–H groups in total. The Labute approximate surface area is 125 Å². The fourth-order valence-electron chi connectivity index (χ4n) is 2.58. The van der Waals surface area contributed by atoms with Crippen molar-refractivity contribution in [2.45, 2.75) is 19.4 Å². The number of hydrogen-bond acceptors (Lipinski definition) is 4. The van der Waals surface area contributed by atoms with Gasteiger partial charge in [0.05, 0.1) is 23.5 Å². The Balaban J connectivity index is 1.61. The third kappa shape index (κ3) is 3.32. The summed E-state index contributed by atoms with van der Waals surface area (Å²) in [6.45, 7) is 2.92. The number of aromatic nitrogens is 1. The predicted octanol–water partition coefficient (Wildman–Crippen LogP) is 3.17. The number of nitrogens with zero attached hydrogens (tertiary/aromatic N) is 3. The standard InChI is InChI=1S/C17H18N4/c18-11-14-4-3-5-15(10-14)12-19-16-6-7-17(20-13-16)21-8-1-2-9-21/h3-7,10,13,19H,1-2,8-9,12H2. The fraction of sp³-hybridized carbons (Fsp3) is 0.294. The van der Waals surface area contributed by atoms with Gasteiger partial charge in [0.1, 0.15) is 5.82 Å². The molecule has 0 amide bonds. The molecule has 1 saturated heterocycles. The second-order valence-electron chi connectivity index (χ2n) is 5.26. The summed E-state index contributed by atoms with van der Waals surface area (Å²) in [6, 6.07) is 13.9. The number of anilines is 2. The highest BCUT2D eigenvalue weighted by Gasteiger charge is 2.12. The van der Waals surface area contributed by atoms with Crippen LogP contribution in [0.2, 0.25) is 0 Å². The van der Waals surface area contributed by atoms with E-state index in [0.717, 1.165) is 30.2 Å². The van der Waals surface area contributed by atoms with Crippen LogP contribution in [0.4, 0.5) is 11.5 Å². The molecule has 0 unspecified atom stereocenters. The summed E-state index contributed by atoms with van der Waals surface area (Å²) >= 11 is 0. The molecule has 0 bridgehead atoms. The number of rotatable bonds is 4. The number of nitriles is 1. The van der Waals surface area contributed by atoms with E-state index in [-0.39, 0.29) is 0 Å². The van der Waals surface area contributed by atoms with Gasteiger partial charge < -0.3 is 10.2 Å². The van der Waals surface area contributed by atoms with E-state index in [1.165, 1.54) is 12.8 Å². The van der Waals surface area contributed by atoms with Gasteiger partial charge in [-0.1, -0.05) is 12.1 Å². The van der Waals surface area contributed by atoms with Crippen molar-refractivity contribution in [2.24, 2.45) is 0 Å². The van der Waals surface area contributed by atoms with Gasteiger partial charge in [0, 0.05) is 19.6 Å². The Morgan fingerprint density at radius 3 is 2.76 bits per heavy atom. The quantitative estimate of drug-likeness (QED) is 0.933. The molecular weight excluding hydrogens is 260 g/mol. The summed E-state index contributed by atoms with van der Waals surface area (Å²) in [5, 5.41) is 12.2. The molecule has 3 rings (SSSR count). The molecule has 1 aliphatic rings. The van der Waals surface area contributed by atoms with Crippen molar-refractivity contribution < 1.29 is 0 Å². The molecular formula is C17H18N4. The van der Waals surface area contributed by atoms with Gasteiger partial charge in [-0.15, -0.1) is 0 Å². The average molecular weight is 278 g/mol. The second kappa shape index (κ2) is 6.27. The Morgan fingerprint density at radius 1 is 1.19 bits per heavy atom. The van der Waals surface area contributed by atoms with Gasteiger partial charge in [-0.25, -0.2) is 4.98 Å². The molecule has 0 radical (unpaired) electrons. The molecule has 106 valence electrons. The van der Waals surface area contributed by atoms with E-state index in [4.69, 9.17) is 5.26 Å². The van der Waals surface area contributed by atoms with Crippen molar-refractivity contribution in [1.82, 2.24) is 4.98 Å². The van der Waals surface area contributed by atoms with Crippen LogP contribution in [-0.4, -0.2) is 18.1 Å². The summed E-state index contributed by atoms with van der Waals surface area (Å²) in [6.07, 6.45) is 4.40. The van der Waals surface area contributed by atoms with E-state index in [9.17, 15) is 0 Å². The Kier molecular flexibility index (Phi) is 4.02. The van der Waals surface area contributed by atoms with Gasteiger partial charge in [-0.3, -0.25) is 0 Å². The minimum Gasteiger partial charge on any atom is -0.380 e. The highest BCUT2D eigenvalue weighted by atomic mass is 15.2. The van der Waals surface area contributed by atoms with Gasteiger partial charge in [0.2, 0.25) is 0 Å². The van der Waals surface area contributed by atoms with Crippen LogP contribution in [0.3, 0.4) is 0 Å². The van der Waals surface area contributed by atoms with Crippen LogP contribution in [-0.2, 0) is 6.54 Å². The van der Waals surface area contributed by atoms with Gasteiger partial charge in [-0.2, -0.15) is 5.26 Å². The zero-order chi connectivity index (χ0) is 14.5. The summed E-state index contributed by atoms with van der Waals surface area (Å²) < 4.78 is 0. The molecule has 0 aliphatic carbocycles. The summed E-state index contributed by atoms with van der Waals surface area (Å²) in [5.74, 6) is 1.06. The number of nitrogens with one attached hydrogen (secondary N) is 1. The van der Waals surface area contributed by atoms with Gasteiger partial charge in [-0.05, 0) is 42.7 Å². The molecule has 0 spiro atoms. The lowest BCUT2D eigenvalue weighted by molar-refractivity contribution is 0.937. The van der Waals surface area contributed by atoms with Crippen molar-refractivity contribution >= 4 is 11.5 Å². The molecule has 0 saturated carbocycles. The first-order valence-corrected chi connectivity index (χ1v) is 7.29. The van der Waals surface area contributed by atoms with Crippen LogP contribution >= 0.6 is 0 Å². The van der Waals surface area contributed by atoms with E-state index < -0.39 is 0 Å². The molecule has 2 aromatic rings. The Morgan fingerprint density at radius 2 is 2.05 bits per heavy atom. The van der Waals surface area contributed by atoms with Crippen LogP contribution < -0.4 is 10.2 Å². The molecule has 1 aromatic heterocycles. The van der Waals surface area contributed by atoms with Crippen LogP contribution in [0.1, 0.15) is 24.0 Å². The number of hydrogen-bond donors (Lipinski definition) is 1. The first-order chi connectivity index (χ1) is 10.3. The third-order valence-electron chi connectivity index (χ3n) is 3.73. The predicted molar refractivity (Wildman–Crippen MR) is 84.2 cm³/mol. The SMILES string of the molecule is N#Cc1cccc(CNc2ccc(N3CCCC3)nc2)c1. The molecule has 4 heteroatoms. The van der Waals surface area contributed by atoms with Gasteiger partial charge in [0.15, 0.2) is 0 Å². The van der Waals surface area contributed by atoms with Crippen molar-refractivity contribution in [3.05, 3.63) is 53.7 Å². The Hall–Kier alpha value is -2.54. The van der Waals surface area contributed by atoms with E-state index in [1.54, 1.807) is 0 Å². The first kappa shape index (κ1) is 13.4. The highest BCUT2D eigenvalue weighted by Crippen LogP contribution is 2.19. The molecule has 0 atom stereocenters. The lowest BCUT2D eigenvalue weighted by Gasteiger charge is -2.16. The monoisotopic (exact) mass is 278 g/mol. The molecule has 4 nitrogen and oxygen atoms in total. The molecule has 2 heterocycles. The van der Waals surface area contributed by atoms with E-state index in [0.29, 0.717) is 12.1 Å². The number of pyridine rings is 1. The van der Waals surface area contributed by atoms with Crippen molar-refractivity contribution in [3.8, 4) is 6.07 Å². The fourth-order valence-corrected chi connectivity index (χ4v) is 2.58.